The van der Waals surface area contributed by atoms with E-state index in [1.807, 2.05) is 4.90 Å². The van der Waals surface area contributed by atoms with Crippen LogP contribution in [0.25, 0.3) is 0 Å². The molecule has 0 aromatic heterocycles. The first kappa shape index (κ1) is 13.0. The van der Waals surface area contributed by atoms with E-state index in [0.29, 0.717) is 19.5 Å². The Labute approximate surface area is 119 Å². The highest BCUT2D eigenvalue weighted by Crippen LogP contribution is 2.46. The molecule has 1 amide bonds. The van der Waals surface area contributed by atoms with Gasteiger partial charge in [-0.25, -0.2) is 0 Å². The molecular weight excluding hydrogens is 256 g/mol. The summed E-state index contributed by atoms with van der Waals surface area (Å²) in [5.74, 6) is 0.437. The summed E-state index contributed by atoms with van der Waals surface area (Å²) >= 11 is 0. The highest BCUT2D eigenvalue weighted by Gasteiger charge is 2.58. The molecule has 4 saturated heterocycles. The van der Waals surface area contributed by atoms with Crippen LogP contribution in [0.5, 0.6) is 0 Å². The summed E-state index contributed by atoms with van der Waals surface area (Å²) in [5, 5.41) is 21.3. The Morgan fingerprint density at radius 1 is 1.30 bits per heavy atom. The van der Waals surface area contributed by atoms with Crippen molar-refractivity contribution in [2.75, 3.05) is 19.6 Å². The minimum absolute atomic E-state index is 0.145. The molecular formula is C15H24N2O3. The van der Waals surface area contributed by atoms with E-state index < -0.39 is 5.60 Å². The second kappa shape index (κ2) is 4.42. The summed E-state index contributed by atoms with van der Waals surface area (Å²) < 4.78 is 0. The fraction of sp³-hybridized carbons (Fsp3) is 0.933. The van der Waals surface area contributed by atoms with Crippen molar-refractivity contribution in [1.82, 2.24) is 9.80 Å². The lowest BCUT2D eigenvalue weighted by atomic mass is 9.65. The normalized spacial score (nSPS) is 48.7. The van der Waals surface area contributed by atoms with Crippen molar-refractivity contribution in [2.24, 2.45) is 5.92 Å². The molecule has 4 fully saturated rings. The van der Waals surface area contributed by atoms with Crippen LogP contribution in [-0.4, -0.2) is 69.3 Å². The van der Waals surface area contributed by atoms with Gasteiger partial charge >= 0.3 is 0 Å². The maximum Gasteiger partial charge on any atom is 0.222 e. The van der Waals surface area contributed by atoms with Crippen LogP contribution in [0.3, 0.4) is 0 Å². The number of rotatable bonds is 0. The van der Waals surface area contributed by atoms with Gasteiger partial charge in [-0.3, -0.25) is 9.69 Å². The van der Waals surface area contributed by atoms with Crippen molar-refractivity contribution >= 4 is 5.91 Å². The quantitative estimate of drug-likeness (QED) is 0.653. The predicted molar refractivity (Wildman–Crippen MR) is 73.0 cm³/mol. The van der Waals surface area contributed by atoms with E-state index in [9.17, 15) is 15.0 Å². The topological polar surface area (TPSA) is 64.0 Å². The molecule has 4 aliphatic rings. The van der Waals surface area contributed by atoms with Crippen molar-refractivity contribution in [1.29, 1.82) is 0 Å². The van der Waals surface area contributed by atoms with Crippen molar-refractivity contribution in [3.05, 3.63) is 0 Å². The van der Waals surface area contributed by atoms with Gasteiger partial charge in [-0.05, 0) is 38.6 Å². The number of hydrogen-bond acceptors (Lipinski definition) is 4. The van der Waals surface area contributed by atoms with Crippen molar-refractivity contribution < 1.29 is 15.0 Å². The van der Waals surface area contributed by atoms with Crippen LogP contribution in [0.2, 0.25) is 0 Å². The second-order valence-electron chi connectivity index (χ2n) is 7.18. The molecule has 4 aliphatic heterocycles. The number of carbonyl (C=O) groups is 1. The highest BCUT2D eigenvalue weighted by molar-refractivity contribution is 5.77. The molecule has 5 heteroatoms. The minimum Gasteiger partial charge on any atom is -0.392 e. The standard InChI is InChI=1S/C15H24N2O3/c18-10-7-11-12-3-1-4-13(19)17(12)9-15(20)5-2-6-16(8-10)14(11)15/h10-12,14,18,20H,1-9H2. The van der Waals surface area contributed by atoms with E-state index in [1.54, 1.807) is 0 Å². The van der Waals surface area contributed by atoms with E-state index in [0.717, 1.165) is 38.6 Å². The van der Waals surface area contributed by atoms with Crippen LogP contribution in [0, 0.1) is 5.92 Å². The van der Waals surface area contributed by atoms with E-state index in [4.69, 9.17) is 0 Å². The van der Waals surface area contributed by atoms with Crippen LogP contribution in [0.1, 0.15) is 38.5 Å². The average Bonchev–Trinajstić information content (AvgIpc) is 2.39. The number of aliphatic hydroxyl groups excluding tert-OH is 1. The lowest BCUT2D eigenvalue weighted by Gasteiger charge is -2.62. The van der Waals surface area contributed by atoms with Gasteiger partial charge in [0.05, 0.1) is 18.2 Å². The highest BCUT2D eigenvalue weighted by atomic mass is 16.3. The molecule has 0 aliphatic carbocycles. The number of aliphatic hydroxyl groups is 2. The molecule has 5 nitrogen and oxygen atoms in total. The van der Waals surface area contributed by atoms with Gasteiger partial charge < -0.3 is 15.1 Å². The number of nitrogens with zero attached hydrogens (tertiary/aromatic N) is 2. The number of fused-ring (bicyclic) bond motifs is 2. The molecule has 0 bridgehead atoms. The van der Waals surface area contributed by atoms with Crippen LogP contribution >= 0.6 is 0 Å². The summed E-state index contributed by atoms with van der Waals surface area (Å²) in [7, 11) is 0. The van der Waals surface area contributed by atoms with Crippen LogP contribution in [0.15, 0.2) is 0 Å². The molecule has 4 rings (SSSR count). The van der Waals surface area contributed by atoms with Crippen molar-refractivity contribution in [3.63, 3.8) is 0 Å². The molecule has 0 aromatic rings. The van der Waals surface area contributed by atoms with Gasteiger partial charge in [0, 0.05) is 31.0 Å². The van der Waals surface area contributed by atoms with Crippen molar-refractivity contribution in [3.8, 4) is 0 Å². The van der Waals surface area contributed by atoms with Crippen LogP contribution < -0.4 is 0 Å². The summed E-state index contributed by atoms with van der Waals surface area (Å²) in [6.45, 7) is 2.16. The smallest absolute Gasteiger partial charge is 0.222 e. The molecule has 0 spiro atoms. The number of piperidine rings is 4. The third kappa shape index (κ3) is 1.76. The van der Waals surface area contributed by atoms with E-state index in [-0.39, 0.29) is 30.0 Å². The van der Waals surface area contributed by atoms with Gasteiger partial charge in [-0.1, -0.05) is 0 Å². The van der Waals surface area contributed by atoms with Gasteiger partial charge in [-0.15, -0.1) is 0 Å². The summed E-state index contributed by atoms with van der Waals surface area (Å²) in [6, 6.07) is 0.379. The zero-order valence-electron chi connectivity index (χ0n) is 11.9. The first-order chi connectivity index (χ1) is 9.58. The average molecular weight is 280 g/mol. The molecule has 0 saturated carbocycles. The largest absolute Gasteiger partial charge is 0.392 e. The Morgan fingerprint density at radius 3 is 3.00 bits per heavy atom. The molecule has 5 atom stereocenters. The second-order valence-corrected chi connectivity index (χ2v) is 7.18. The first-order valence-electron chi connectivity index (χ1n) is 8.02. The Bertz CT molecular complexity index is 429. The third-order valence-corrected chi connectivity index (χ3v) is 5.94. The maximum absolute atomic E-state index is 12.2. The third-order valence-electron chi connectivity index (χ3n) is 5.94. The van der Waals surface area contributed by atoms with Gasteiger partial charge in [0.2, 0.25) is 5.91 Å². The molecule has 0 radical (unpaired) electrons. The summed E-state index contributed by atoms with van der Waals surface area (Å²) in [4.78, 5) is 16.5. The number of amides is 1. The predicted octanol–water partition coefficient (Wildman–Crippen LogP) is -0.0426. The summed E-state index contributed by atoms with van der Waals surface area (Å²) in [5.41, 5.74) is -0.757. The number of carbonyl (C=O) groups excluding carboxylic acids is 1. The van der Waals surface area contributed by atoms with Gasteiger partial charge in [-0.2, -0.15) is 0 Å². The van der Waals surface area contributed by atoms with Crippen LogP contribution in [0.4, 0.5) is 0 Å². The molecule has 5 unspecified atom stereocenters. The number of hydrogen-bond donors (Lipinski definition) is 2. The zero-order valence-corrected chi connectivity index (χ0v) is 11.9. The molecule has 4 heterocycles. The van der Waals surface area contributed by atoms with Gasteiger partial charge in [0.25, 0.3) is 0 Å². The molecule has 2 N–H and O–H groups in total. The Hall–Kier alpha value is -0.650. The lowest BCUT2D eigenvalue weighted by molar-refractivity contribution is -0.200. The fourth-order valence-corrected chi connectivity index (χ4v) is 5.31. The SMILES string of the molecule is O=C1CCCC2C3CC(O)CN4CCCC(O)(CN12)C34. The van der Waals surface area contributed by atoms with Crippen molar-refractivity contribution in [2.45, 2.75) is 62.3 Å². The zero-order chi connectivity index (χ0) is 13.9. The minimum atomic E-state index is -0.757. The monoisotopic (exact) mass is 280 g/mol. The Kier molecular flexibility index (Phi) is 2.88. The molecule has 0 aromatic carbocycles. The Balaban J connectivity index is 1.72. The van der Waals surface area contributed by atoms with E-state index >= 15 is 0 Å². The van der Waals surface area contributed by atoms with Gasteiger partial charge in [0.15, 0.2) is 0 Å². The maximum atomic E-state index is 12.2. The van der Waals surface area contributed by atoms with Gasteiger partial charge in [0.1, 0.15) is 0 Å². The summed E-state index contributed by atoms with van der Waals surface area (Å²) in [6.07, 6.45) is 4.78. The van der Waals surface area contributed by atoms with Crippen LogP contribution in [-0.2, 0) is 4.79 Å². The molecule has 20 heavy (non-hydrogen) atoms. The molecule has 112 valence electrons. The fourth-order valence-electron chi connectivity index (χ4n) is 5.31. The van der Waals surface area contributed by atoms with E-state index in [2.05, 4.69) is 4.90 Å². The lowest BCUT2D eigenvalue weighted by Crippen LogP contribution is -2.75. The van der Waals surface area contributed by atoms with E-state index in [1.165, 1.54) is 0 Å². The first-order valence-corrected chi connectivity index (χ1v) is 8.02. The Morgan fingerprint density at radius 2 is 2.15 bits per heavy atom.